The summed E-state index contributed by atoms with van der Waals surface area (Å²) in [5, 5.41) is 0.751. The van der Waals surface area contributed by atoms with Crippen molar-refractivity contribution in [2.45, 2.75) is 38.1 Å². The number of aromatic nitrogens is 1. The fourth-order valence-electron chi connectivity index (χ4n) is 2.47. The van der Waals surface area contributed by atoms with Crippen LogP contribution in [-0.4, -0.2) is 13.4 Å². The second-order valence-corrected chi connectivity index (χ2v) is 8.57. The molecule has 0 aliphatic heterocycles. The van der Waals surface area contributed by atoms with Gasteiger partial charge in [-0.05, 0) is 43.2 Å². The first kappa shape index (κ1) is 17.8. The minimum absolute atomic E-state index is 0.212. The van der Waals surface area contributed by atoms with Crippen LogP contribution in [0, 0.1) is 6.92 Å². The largest absolute Gasteiger partial charge is 0.462 e. The Hall–Kier alpha value is -1.96. The molecule has 2 heterocycles. The van der Waals surface area contributed by atoms with E-state index in [0.29, 0.717) is 5.76 Å². The molecular weight excluding hydrogens is 356 g/mol. The van der Waals surface area contributed by atoms with Crippen LogP contribution in [0.15, 0.2) is 52.0 Å². The Kier molecular flexibility index (Phi) is 5.36. The predicted octanol–water partition coefficient (Wildman–Crippen LogP) is 4.14. The highest BCUT2D eigenvalue weighted by Crippen LogP contribution is 2.28. The average Bonchev–Trinajstić information content (AvgIpc) is 3.23. The van der Waals surface area contributed by atoms with Crippen molar-refractivity contribution < 1.29 is 12.8 Å². The van der Waals surface area contributed by atoms with Crippen molar-refractivity contribution in [2.75, 3.05) is 0 Å². The number of aryl methyl sites for hydroxylation is 2. The van der Waals surface area contributed by atoms with Crippen LogP contribution in [0.2, 0.25) is 0 Å². The van der Waals surface area contributed by atoms with Gasteiger partial charge in [0.2, 0.25) is 10.0 Å². The number of thiazole rings is 1. The highest BCUT2D eigenvalue weighted by Gasteiger charge is 2.17. The van der Waals surface area contributed by atoms with Crippen molar-refractivity contribution in [1.82, 2.24) is 9.71 Å². The fraction of sp³-hybridized carbons (Fsp3) is 0.278. The molecule has 0 unspecified atom stereocenters. The number of benzene rings is 1. The van der Waals surface area contributed by atoms with E-state index < -0.39 is 10.0 Å². The molecule has 3 rings (SSSR count). The lowest BCUT2D eigenvalue weighted by Gasteiger charge is -2.07. The van der Waals surface area contributed by atoms with Crippen molar-refractivity contribution in [1.29, 1.82) is 0 Å². The van der Waals surface area contributed by atoms with Crippen molar-refractivity contribution in [3.8, 4) is 10.8 Å². The van der Waals surface area contributed by atoms with Crippen LogP contribution < -0.4 is 4.72 Å². The summed E-state index contributed by atoms with van der Waals surface area (Å²) in [4.78, 5) is 5.60. The van der Waals surface area contributed by atoms with Crippen molar-refractivity contribution in [3.05, 3.63) is 58.8 Å². The molecule has 1 N–H and O–H groups in total. The molecule has 7 heteroatoms. The molecule has 0 saturated heterocycles. The predicted molar refractivity (Wildman–Crippen MR) is 99.0 cm³/mol. The molecule has 0 amide bonds. The van der Waals surface area contributed by atoms with Gasteiger partial charge >= 0.3 is 0 Å². The van der Waals surface area contributed by atoms with E-state index in [9.17, 15) is 8.42 Å². The lowest BCUT2D eigenvalue weighted by atomic mass is 10.1. The minimum Gasteiger partial charge on any atom is -0.462 e. The van der Waals surface area contributed by atoms with Crippen molar-refractivity contribution in [3.63, 3.8) is 0 Å². The molecule has 5 nitrogen and oxygen atoms in total. The lowest BCUT2D eigenvalue weighted by molar-refractivity contribution is 0.580. The van der Waals surface area contributed by atoms with Crippen LogP contribution in [0.4, 0.5) is 0 Å². The molecule has 3 aromatic rings. The number of rotatable bonds is 7. The summed E-state index contributed by atoms with van der Waals surface area (Å²) in [6.45, 7) is 4.18. The number of furan rings is 1. The molecule has 132 valence electrons. The molecule has 0 atom stereocenters. The van der Waals surface area contributed by atoms with Gasteiger partial charge in [-0.15, -0.1) is 11.3 Å². The maximum absolute atomic E-state index is 12.5. The van der Waals surface area contributed by atoms with Gasteiger partial charge in [-0.1, -0.05) is 25.5 Å². The van der Waals surface area contributed by atoms with E-state index >= 15 is 0 Å². The topological polar surface area (TPSA) is 72.2 Å². The summed E-state index contributed by atoms with van der Waals surface area (Å²) < 4.78 is 32.9. The van der Waals surface area contributed by atoms with Gasteiger partial charge in [-0.3, -0.25) is 0 Å². The first-order valence-corrected chi connectivity index (χ1v) is 10.4. The molecule has 0 aliphatic rings. The second-order valence-electron chi connectivity index (χ2n) is 5.72. The molecular formula is C18H20N2O3S2. The Morgan fingerprint density at radius 1 is 1.20 bits per heavy atom. The molecule has 25 heavy (non-hydrogen) atoms. The van der Waals surface area contributed by atoms with Gasteiger partial charge in [0.25, 0.3) is 0 Å². The molecule has 0 radical (unpaired) electrons. The van der Waals surface area contributed by atoms with Gasteiger partial charge in [-0.2, -0.15) is 0 Å². The van der Waals surface area contributed by atoms with E-state index in [0.717, 1.165) is 34.0 Å². The van der Waals surface area contributed by atoms with Crippen molar-refractivity contribution in [2.24, 2.45) is 0 Å². The molecule has 2 aromatic heterocycles. The van der Waals surface area contributed by atoms with Gasteiger partial charge in [0.05, 0.1) is 16.9 Å². The van der Waals surface area contributed by atoms with Crippen LogP contribution in [0.1, 0.15) is 29.5 Å². The maximum atomic E-state index is 12.5. The van der Waals surface area contributed by atoms with E-state index in [1.807, 2.05) is 25.1 Å². The van der Waals surface area contributed by atoms with E-state index in [4.69, 9.17) is 4.42 Å². The Balaban J connectivity index is 1.72. The molecule has 1 aromatic carbocycles. The van der Waals surface area contributed by atoms with Crippen LogP contribution in [-0.2, 0) is 23.0 Å². The summed E-state index contributed by atoms with van der Waals surface area (Å²) in [5.41, 5.74) is 1.94. The van der Waals surface area contributed by atoms with Gasteiger partial charge in [0.15, 0.2) is 10.8 Å². The van der Waals surface area contributed by atoms with Crippen LogP contribution >= 0.6 is 11.3 Å². The third kappa shape index (κ3) is 4.18. The van der Waals surface area contributed by atoms with Crippen molar-refractivity contribution >= 4 is 21.4 Å². The monoisotopic (exact) mass is 376 g/mol. The summed E-state index contributed by atoms with van der Waals surface area (Å²) in [6.07, 6.45) is 3.58. The Bertz CT molecular complexity index is 927. The highest BCUT2D eigenvalue weighted by atomic mass is 32.2. The molecule has 0 aliphatic carbocycles. The first-order valence-electron chi connectivity index (χ1n) is 8.08. The molecule has 0 saturated carbocycles. The Morgan fingerprint density at radius 2 is 1.96 bits per heavy atom. The van der Waals surface area contributed by atoms with Gasteiger partial charge < -0.3 is 4.42 Å². The van der Waals surface area contributed by atoms with E-state index in [2.05, 4.69) is 16.6 Å². The summed E-state index contributed by atoms with van der Waals surface area (Å²) in [6, 6.07) is 10.7. The SMILES string of the molecule is CCCc1ccc(S(=O)(=O)NCc2sc(-c3ccco3)nc2C)cc1. The number of hydrogen-bond acceptors (Lipinski definition) is 5. The zero-order chi connectivity index (χ0) is 17.9. The molecule has 0 spiro atoms. The number of hydrogen-bond donors (Lipinski definition) is 1. The maximum Gasteiger partial charge on any atom is 0.240 e. The highest BCUT2D eigenvalue weighted by molar-refractivity contribution is 7.89. The van der Waals surface area contributed by atoms with Gasteiger partial charge in [0.1, 0.15) is 0 Å². The Morgan fingerprint density at radius 3 is 2.60 bits per heavy atom. The second kappa shape index (κ2) is 7.51. The van der Waals surface area contributed by atoms with Crippen LogP contribution in [0.25, 0.3) is 10.8 Å². The van der Waals surface area contributed by atoms with Crippen LogP contribution in [0.5, 0.6) is 0 Å². The average molecular weight is 377 g/mol. The van der Waals surface area contributed by atoms with E-state index in [1.165, 1.54) is 11.3 Å². The van der Waals surface area contributed by atoms with Gasteiger partial charge in [0, 0.05) is 11.4 Å². The van der Waals surface area contributed by atoms with E-state index in [-0.39, 0.29) is 11.4 Å². The smallest absolute Gasteiger partial charge is 0.240 e. The standard InChI is InChI=1S/C18H20N2O3S2/c1-3-5-14-7-9-15(10-8-14)25(21,22)19-12-17-13(2)20-18(24-17)16-6-4-11-23-16/h4,6-11,19H,3,5,12H2,1-2H3. The zero-order valence-electron chi connectivity index (χ0n) is 14.2. The number of sulfonamides is 1. The fourth-order valence-corrected chi connectivity index (χ4v) is 4.52. The van der Waals surface area contributed by atoms with Gasteiger partial charge in [-0.25, -0.2) is 18.1 Å². The third-order valence-corrected chi connectivity index (χ3v) is 6.41. The minimum atomic E-state index is -3.55. The van der Waals surface area contributed by atoms with Crippen LogP contribution in [0.3, 0.4) is 0 Å². The molecule has 0 bridgehead atoms. The Labute approximate surface area is 151 Å². The third-order valence-electron chi connectivity index (χ3n) is 3.82. The zero-order valence-corrected chi connectivity index (χ0v) is 15.8. The number of nitrogens with one attached hydrogen (secondary N) is 1. The van der Waals surface area contributed by atoms with E-state index in [1.54, 1.807) is 24.5 Å². The summed E-state index contributed by atoms with van der Waals surface area (Å²) in [5.74, 6) is 0.689. The summed E-state index contributed by atoms with van der Waals surface area (Å²) in [7, 11) is -3.55. The molecule has 0 fully saturated rings. The normalized spacial score (nSPS) is 11.8. The quantitative estimate of drug-likeness (QED) is 0.672. The lowest BCUT2D eigenvalue weighted by Crippen LogP contribution is -2.23. The summed E-state index contributed by atoms with van der Waals surface area (Å²) >= 11 is 1.43. The number of nitrogens with zero attached hydrogens (tertiary/aromatic N) is 1. The first-order chi connectivity index (χ1) is 12.0.